The zero-order valence-electron chi connectivity index (χ0n) is 19.5. The number of nitrogens with zero attached hydrogens (tertiary/aromatic N) is 1. The molecule has 0 saturated carbocycles. The molecule has 178 valence electrons. The van der Waals surface area contributed by atoms with Crippen LogP contribution in [0.4, 0.5) is 0 Å². The molecule has 0 bridgehead atoms. The van der Waals surface area contributed by atoms with Crippen molar-refractivity contribution in [2.45, 2.75) is 69.8 Å². The van der Waals surface area contributed by atoms with Gasteiger partial charge >= 0.3 is 0 Å². The van der Waals surface area contributed by atoms with Gasteiger partial charge in [-0.25, -0.2) is 12.7 Å². The van der Waals surface area contributed by atoms with Crippen LogP contribution in [0.15, 0.2) is 48.5 Å². The number of amides is 1. The summed E-state index contributed by atoms with van der Waals surface area (Å²) in [4.78, 5) is 13.1. The Morgan fingerprint density at radius 2 is 1.70 bits per heavy atom. The van der Waals surface area contributed by atoms with Crippen molar-refractivity contribution < 1.29 is 17.9 Å². The number of para-hydroxylation sites is 1. The van der Waals surface area contributed by atoms with Crippen molar-refractivity contribution in [3.8, 4) is 5.75 Å². The molecule has 2 aromatic rings. The van der Waals surface area contributed by atoms with Crippen molar-refractivity contribution in [2.24, 2.45) is 0 Å². The van der Waals surface area contributed by atoms with Crippen LogP contribution in [0.5, 0.6) is 5.75 Å². The zero-order valence-corrected chi connectivity index (χ0v) is 20.4. The molecule has 6 nitrogen and oxygen atoms in total. The maximum absolute atomic E-state index is 13.1. The maximum Gasteiger partial charge on any atom is 0.251 e. The highest BCUT2D eigenvalue weighted by atomic mass is 32.2. The molecule has 1 saturated heterocycles. The second-order valence-corrected chi connectivity index (χ2v) is 11.1. The normalized spacial score (nSPS) is 20.5. The first-order valence-corrected chi connectivity index (χ1v) is 13.6. The molecule has 7 heteroatoms. The number of rotatable bonds is 7. The smallest absolute Gasteiger partial charge is 0.251 e. The predicted octanol–water partition coefficient (Wildman–Crippen LogP) is 4.81. The third-order valence-corrected chi connectivity index (χ3v) is 8.91. The summed E-state index contributed by atoms with van der Waals surface area (Å²) in [5.74, 6) is 0.636. The number of nitrogens with one attached hydrogen (secondary N) is 1. The van der Waals surface area contributed by atoms with Gasteiger partial charge in [0, 0.05) is 30.6 Å². The largest absolute Gasteiger partial charge is 0.487 e. The Morgan fingerprint density at radius 3 is 2.36 bits per heavy atom. The molecule has 2 aliphatic rings. The first-order chi connectivity index (χ1) is 15.9. The predicted molar refractivity (Wildman–Crippen MR) is 130 cm³/mol. The fraction of sp³-hybridized carbons (Fsp3) is 0.500. The number of carbonyl (C=O) groups is 1. The molecule has 33 heavy (non-hydrogen) atoms. The average molecular weight is 471 g/mol. The average Bonchev–Trinajstić information content (AvgIpc) is 2.84. The van der Waals surface area contributed by atoms with E-state index >= 15 is 0 Å². The van der Waals surface area contributed by atoms with E-state index < -0.39 is 10.0 Å². The number of ether oxygens (including phenoxy) is 1. The molecule has 0 radical (unpaired) electrons. The van der Waals surface area contributed by atoms with E-state index in [0.717, 1.165) is 49.8 Å². The molecule has 1 atom stereocenters. The van der Waals surface area contributed by atoms with Gasteiger partial charge in [-0.05, 0) is 49.4 Å². The maximum atomic E-state index is 13.1. The summed E-state index contributed by atoms with van der Waals surface area (Å²) in [7, 11) is -3.33. The molecule has 2 heterocycles. The topological polar surface area (TPSA) is 75.7 Å². The number of hydrogen-bond acceptors (Lipinski definition) is 4. The first-order valence-electron chi connectivity index (χ1n) is 12.0. The molecular weight excluding hydrogens is 436 g/mol. The monoisotopic (exact) mass is 470 g/mol. The van der Waals surface area contributed by atoms with Gasteiger partial charge in [-0.1, -0.05) is 50.6 Å². The van der Waals surface area contributed by atoms with E-state index in [0.29, 0.717) is 24.2 Å². The van der Waals surface area contributed by atoms with Gasteiger partial charge in [0.25, 0.3) is 5.91 Å². The van der Waals surface area contributed by atoms with Gasteiger partial charge < -0.3 is 10.1 Å². The van der Waals surface area contributed by atoms with Crippen LogP contribution in [0.3, 0.4) is 0 Å². The molecule has 2 aliphatic heterocycles. The lowest BCUT2D eigenvalue weighted by Crippen LogP contribution is -2.44. The van der Waals surface area contributed by atoms with Crippen molar-refractivity contribution >= 4 is 15.9 Å². The first kappa shape index (κ1) is 23.8. The molecule has 4 rings (SSSR count). The summed E-state index contributed by atoms with van der Waals surface area (Å²) >= 11 is 0. The van der Waals surface area contributed by atoms with Crippen molar-refractivity contribution in [3.05, 3.63) is 65.2 Å². The molecule has 1 amide bonds. The Balaban J connectivity index is 1.46. The fourth-order valence-electron chi connectivity index (χ4n) is 4.87. The fourth-order valence-corrected chi connectivity index (χ4v) is 6.48. The number of hydrogen-bond donors (Lipinski definition) is 1. The number of carbonyl (C=O) groups excluding carboxylic acids is 1. The highest BCUT2D eigenvalue weighted by molar-refractivity contribution is 7.88. The van der Waals surface area contributed by atoms with Gasteiger partial charge in [-0.15, -0.1) is 0 Å². The van der Waals surface area contributed by atoms with Gasteiger partial charge in [-0.3, -0.25) is 4.79 Å². The van der Waals surface area contributed by atoms with Gasteiger partial charge in [0.05, 0.1) is 11.8 Å². The zero-order chi connectivity index (χ0) is 23.5. The highest BCUT2D eigenvalue weighted by Crippen LogP contribution is 2.42. The van der Waals surface area contributed by atoms with Gasteiger partial charge in [0.2, 0.25) is 10.0 Å². The van der Waals surface area contributed by atoms with Crippen molar-refractivity contribution in [3.63, 3.8) is 0 Å². The molecule has 0 spiro atoms. The van der Waals surface area contributed by atoms with E-state index in [-0.39, 0.29) is 23.3 Å². The van der Waals surface area contributed by atoms with Crippen LogP contribution < -0.4 is 10.1 Å². The van der Waals surface area contributed by atoms with Crippen LogP contribution in [0.2, 0.25) is 0 Å². The second-order valence-electron chi connectivity index (χ2n) is 9.17. The Labute approximate surface area is 197 Å². The Kier molecular flexibility index (Phi) is 7.10. The number of fused-ring (bicyclic) bond motifs is 1. The summed E-state index contributed by atoms with van der Waals surface area (Å²) in [6.45, 7) is 5.44. The Hall–Kier alpha value is -2.38. The Bertz CT molecular complexity index is 1070. The summed E-state index contributed by atoms with van der Waals surface area (Å²) < 4.78 is 33.3. The molecule has 1 fully saturated rings. The van der Waals surface area contributed by atoms with Crippen LogP contribution in [-0.4, -0.2) is 37.3 Å². The van der Waals surface area contributed by atoms with Crippen LogP contribution in [0.25, 0.3) is 0 Å². The molecule has 2 aromatic carbocycles. The molecule has 0 aliphatic carbocycles. The van der Waals surface area contributed by atoms with Crippen molar-refractivity contribution in [1.82, 2.24) is 9.62 Å². The third kappa shape index (κ3) is 5.25. The van der Waals surface area contributed by atoms with Gasteiger partial charge in [-0.2, -0.15) is 0 Å². The quantitative estimate of drug-likeness (QED) is 0.630. The van der Waals surface area contributed by atoms with Crippen LogP contribution >= 0.6 is 0 Å². The van der Waals surface area contributed by atoms with E-state index in [4.69, 9.17) is 4.74 Å². The summed E-state index contributed by atoms with van der Waals surface area (Å²) in [5, 5.41) is 3.19. The van der Waals surface area contributed by atoms with E-state index in [1.807, 2.05) is 24.3 Å². The van der Waals surface area contributed by atoms with Crippen molar-refractivity contribution in [2.75, 3.05) is 13.1 Å². The van der Waals surface area contributed by atoms with Crippen LogP contribution in [0.1, 0.15) is 79.9 Å². The summed E-state index contributed by atoms with van der Waals surface area (Å²) in [6.07, 6.45) is 5.38. The minimum absolute atomic E-state index is 0.0300. The van der Waals surface area contributed by atoms with Gasteiger partial charge in [0.15, 0.2) is 0 Å². The van der Waals surface area contributed by atoms with E-state index in [2.05, 4.69) is 19.2 Å². The van der Waals surface area contributed by atoms with Gasteiger partial charge in [0.1, 0.15) is 11.4 Å². The number of benzene rings is 2. The summed E-state index contributed by atoms with van der Waals surface area (Å²) in [6, 6.07) is 14.7. The van der Waals surface area contributed by atoms with Crippen LogP contribution in [0, 0.1) is 0 Å². The lowest BCUT2D eigenvalue weighted by Gasteiger charge is -2.41. The SMILES string of the molecule is CCC1(CC)C[C@@H](NC(=O)c2ccc(CS(=O)(=O)N3CCCCC3)cc2)c2ccccc2O1. The number of sulfonamides is 1. The number of piperidine rings is 1. The molecule has 0 aromatic heterocycles. The standard InChI is InChI=1S/C26H34N2O4S/c1-3-26(4-2)18-23(22-10-6-7-11-24(22)32-26)27-25(29)21-14-12-20(13-15-21)19-33(30,31)28-16-8-5-9-17-28/h6-7,10-15,23H,3-5,8-9,16-19H2,1-2H3,(H,27,29)/t23-/m1/s1. The van der Waals surface area contributed by atoms with Crippen molar-refractivity contribution in [1.29, 1.82) is 0 Å². The van der Waals surface area contributed by atoms with E-state index in [1.54, 1.807) is 28.6 Å². The molecule has 0 unspecified atom stereocenters. The highest BCUT2D eigenvalue weighted by Gasteiger charge is 2.39. The lowest BCUT2D eigenvalue weighted by molar-refractivity contribution is 0.0227. The minimum atomic E-state index is -3.33. The lowest BCUT2D eigenvalue weighted by atomic mass is 9.83. The Morgan fingerprint density at radius 1 is 1.03 bits per heavy atom. The molecule has 1 N–H and O–H groups in total. The summed E-state index contributed by atoms with van der Waals surface area (Å²) in [5.41, 5.74) is 1.92. The second kappa shape index (κ2) is 9.85. The van der Waals surface area contributed by atoms with E-state index in [1.165, 1.54) is 0 Å². The van der Waals surface area contributed by atoms with E-state index in [9.17, 15) is 13.2 Å². The molecular formula is C26H34N2O4S. The van der Waals surface area contributed by atoms with Crippen LogP contribution in [-0.2, 0) is 15.8 Å². The third-order valence-electron chi connectivity index (χ3n) is 7.06. The minimum Gasteiger partial charge on any atom is -0.487 e.